The maximum absolute atomic E-state index is 13.9. The Balaban J connectivity index is 1.63. The molecule has 2 N–H and O–H groups in total. The summed E-state index contributed by atoms with van der Waals surface area (Å²) in [5.41, 5.74) is -0.213. The van der Waals surface area contributed by atoms with E-state index >= 15 is 0 Å². The van der Waals surface area contributed by atoms with Crippen molar-refractivity contribution in [1.29, 1.82) is 0 Å². The Labute approximate surface area is 184 Å². The minimum absolute atomic E-state index is 0.0677. The lowest BCUT2D eigenvalue weighted by Crippen LogP contribution is -2.38. The van der Waals surface area contributed by atoms with Gasteiger partial charge in [0.1, 0.15) is 17.8 Å². The normalized spacial score (nSPS) is 11.2. The van der Waals surface area contributed by atoms with Crippen LogP contribution in [0.3, 0.4) is 0 Å². The van der Waals surface area contributed by atoms with Crippen molar-refractivity contribution in [2.24, 2.45) is 0 Å². The number of para-hydroxylation sites is 1. The van der Waals surface area contributed by atoms with Crippen molar-refractivity contribution in [3.63, 3.8) is 0 Å². The largest absolute Gasteiger partial charge is 0.329 e. The van der Waals surface area contributed by atoms with Crippen LogP contribution in [0.15, 0.2) is 47.4 Å². The van der Waals surface area contributed by atoms with Gasteiger partial charge in [0, 0.05) is 6.54 Å². The Hall–Kier alpha value is -4.15. The van der Waals surface area contributed by atoms with Crippen LogP contribution in [0.2, 0.25) is 0 Å². The molecule has 0 bridgehead atoms. The zero-order valence-corrected chi connectivity index (χ0v) is 17.4. The third-order valence-corrected chi connectivity index (χ3v) is 5.03. The monoisotopic (exact) mass is 457 g/mol. The highest BCUT2D eigenvalue weighted by molar-refractivity contribution is 6.03. The lowest BCUT2D eigenvalue weighted by molar-refractivity contribution is -0.116. The number of fused-ring (bicyclic) bond motifs is 3. The molecule has 0 unspecified atom stereocenters. The van der Waals surface area contributed by atoms with E-state index in [0.29, 0.717) is 23.4 Å². The zero-order chi connectivity index (χ0) is 23.7. The van der Waals surface area contributed by atoms with Crippen molar-refractivity contribution in [2.75, 3.05) is 18.4 Å². The van der Waals surface area contributed by atoms with E-state index in [9.17, 15) is 27.6 Å². The molecule has 0 atom stereocenters. The number of halogens is 3. The van der Waals surface area contributed by atoms with Gasteiger partial charge in [-0.05, 0) is 30.7 Å². The van der Waals surface area contributed by atoms with E-state index in [1.54, 1.807) is 31.2 Å². The Kier molecular flexibility index (Phi) is 5.86. The third kappa shape index (κ3) is 4.04. The molecular weight excluding hydrogens is 439 g/mol. The van der Waals surface area contributed by atoms with Gasteiger partial charge in [0.25, 0.3) is 11.5 Å². The van der Waals surface area contributed by atoms with Crippen LogP contribution in [0, 0.1) is 17.5 Å². The predicted octanol–water partition coefficient (Wildman–Crippen LogP) is 3.08. The molecule has 0 aliphatic carbocycles. The average Bonchev–Trinajstić information content (AvgIpc) is 3.23. The summed E-state index contributed by atoms with van der Waals surface area (Å²) < 4.78 is 41.8. The van der Waals surface area contributed by atoms with Crippen molar-refractivity contribution < 1.29 is 22.8 Å². The first-order valence-electron chi connectivity index (χ1n) is 10.0. The second-order valence-corrected chi connectivity index (χ2v) is 7.29. The van der Waals surface area contributed by atoms with Crippen LogP contribution in [0.5, 0.6) is 0 Å². The molecule has 2 amide bonds. The number of H-pyrrole nitrogens is 1. The van der Waals surface area contributed by atoms with Crippen molar-refractivity contribution in [1.82, 2.24) is 19.5 Å². The van der Waals surface area contributed by atoms with Crippen LogP contribution in [-0.4, -0.2) is 44.4 Å². The molecule has 2 aromatic carbocycles. The SMILES string of the molecule is CCCN(CC(=O)Nc1ccc(F)c(F)c1F)C(=O)c1cnn2c1[nH]c(=O)c1ccccc12. The highest BCUT2D eigenvalue weighted by Gasteiger charge is 2.24. The highest BCUT2D eigenvalue weighted by atomic mass is 19.2. The second kappa shape index (κ2) is 8.77. The number of aromatic nitrogens is 3. The number of hydrogen-bond acceptors (Lipinski definition) is 4. The fourth-order valence-corrected chi connectivity index (χ4v) is 3.51. The number of rotatable bonds is 6. The molecule has 2 heterocycles. The van der Waals surface area contributed by atoms with E-state index in [1.165, 1.54) is 15.6 Å². The lowest BCUT2D eigenvalue weighted by atomic mass is 10.2. The molecule has 11 heteroatoms. The van der Waals surface area contributed by atoms with Crippen molar-refractivity contribution in [3.8, 4) is 0 Å². The molecule has 0 radical (unpaired) electrons. The smallest absolute Gasteiger partial charge is 0.259 e. The average molecular weight is 457 g/mol. The molecule has 0 aliphatic rings. The van der Waals surface area contributed by atoms with E-state index in [-0.39, 0.29) is 17.8 Å². The van der Waals surface area contributed by atoms with E-state index < -0.39 is 47.1 Å². The van der Waals surface area contributed by atoms with Gasteiger partial charge in [-0.25, -0.2) is 17.7 Å². The first-order chi connectivity index (χ1) is 15.8. The second-order valence-electron chi connectivity index (χ2n) is 7.29. The number of carbonyl (C=O) groups is 2. The molecule has 33 heavy (non-hydrogen) atoms. The highest BCUT2D eigenvalue weighted by Crippen LogP contribution is 2.20. The number of amides is 2. The Bertz CT molecular complexity index is 1450. The van der Waals surface area contributed by atoms with Gasteiger partial charge < -0.3 is 15.2 Å². The molecule has 4 aromatic rings. The van der Waals surface area contributed by atoms with Gasteiger partial charge in [-0.1, -0.05) is 19.1 Å². The van der Waals surface area contributed by atoms with Gasteiger partial charge in [-0.15, -0.1) is 0 Å². The quantitative estimate of drug-likeness (QED) is 0.435. The Morgan fingerprint density at radius 2 is 1.88 bits per heavy atom. The van der Waals surface area contributed by atoms with E-state index in [1.807, 2.05) is 0 Å². The summed E-state index contributed by atoms with van der Waals surface area (Å²) in [5, 5.41) is 6.74. The van der Waals surface area contributed by atoms with Gasteiger partial charge in [0.05, 0.1) is 22.8 Å². The standard InChI is InChI=1S/C22H18F3N5O3/c1-2-9-29(11-17(31)27-15-8-7-14(23)18(24)19(15)25)22(33)13-10-26-30-16-6-4-3-5-12(16)21(32)28-20(13)30/h3-8,10H,2,9,11H2,1H3,(H,27,31)(H,28,32). The number of aromatic amines is 1. The van der Waals surface area contributed by atoms with Crippen LogP contribution in [0.1, 0.15) is 23.7 Å². The van der Waals surface area contributed by atoms with E-state index in [0.717, 1.165) is 6.07 Å². The molecule has 170 valence electrons. The van der Waals surface area contributed by atoms with Gasteiger partial charge in [0.15, 0.2) is 17.5 Å². The third-order valence-electron chi connectivity index (χ3n) is 5.03. The summed E-state index contributed by atoms with van der Waals surface area (Å²) in [6.07, 6.45) is 1.78. The summed E-state index contributed by atoms with van der Waals surface area (Å²) in [4.78, 5) is 41.9. The minimum Gasteiger partial charge on any atom is -0.329 e. The maximum Gasteiger partial charge on any atom is 0.259 e. The van der Waals surface area contributed by atoms with Crippen molar-refractivity contribution in [2.45, 2.75) is 13.3 Å². The molecule has 8 nitrogen and oxygen atoms in total. The fourth-order valence-electron chi connectivity index (χ4n) is 3.51. The van der Waals surface area contributed by atoms with Crippen molar-refractivity contribution in [3.05, 3.63) is 76.0 Å². The first-order valence-corrected chi connectivity index (χ1v) is 10.0. The first kappa shape index (κ1) is 22.1. The number of hydrogen-bond donors (Lipinski definition) is 2. The van der Waals surface area contributed by atoms with Crippen LogP contribution < -0.4 is 10.9 Å². The van der Waals surface area contributed by atoms with Gasteiger partial charge >= 0.3 is 0 Å². The maximum atomic E-state index is 13.9. The molecule has 4 rings (SSSR count). The number of carbonyl (C=O) groups excluding carboxylic acids is 2. The Morgan fingerprint density at radius 1 is 1.12 bits per heavy atom. The summed E-state index contributed by atoms with van der Waals surface area (Å²) >= 11 is 0. The number of nitrogens with zero attached hydrogens (tertiary/aromatic N) is 3. The molecular formula is C22H18F3N5O3. The summed E-state index contributed by atoms with van der Waals surface area (Å²) in [6, 6.07) is 8.32. The number of benzene rings is 2. The van der Waals surface area contributed by atoms with Gasteiger partial charge in [-0.2, -0.15) is 5.10 Å². The molecule has 0 spiro atoms. The molecule has 2 aromatic heterocycles. The molecule has 0 saturated heterocycles. The summed E-state index contributed by atoms with van der Waals surface area (Å²) in [5.74, 6) is -6.03. The predicted molar refractivity (Wildman–Crippen MR) is 114 cm³/mol. The Morgan fingerprint density at radius 3 is 2.64 bits per heavy atom. The minimum atomic E-state index is -1.71. The molecule has 0 saturated carbocycles. The van der Waals surface area contributed by atoms with Crippen LogP contribution in [-0.2, 0) is 4.79 Å². The number of nitrogens with one attached hydrogen (secondary N) is 2. The number of anilines is 1. The fraction of sp³-hybridized carbons (Fsp3) is 0.182. The summed E-state index contributed by atoms with van der Waals surface area (Å²) in [7, 11) is 0. The van der Waals surface area contributed by atoms with Crippen LogP contribution >= 0.6 is 0 Å². The lowest BCUT2D eigenvalue weighted by Gasteiger charge is -2.21. The molecule has 0 fully saturated rings. The van der Waals surface area contributed by atoms with Crippen LogP contribution in [0.25, 0.3) is 16.6 Å². The van der Waals surface area contributed by atoms with Crippen molar-refractivity contribution >= 4 is 34.1 Å². The topological polar surface area (TPSA) is 99.6 Å². The van der Waals surface area contributed by atoms with Gasteiger partial charge in [-0.3, -0.25) is 14.4 Å². The van der Waals surface area contributed by atoms with E-state index in [4.69, 9.17) is 0 Å². The van der Waals surface area contributed by atoms with Crippen LogP contribution in [0.4, 0.5) is 18.9 Å². The van der Waals surface area contributed by atoms with Gasteiger partial charge in [0.2, 0.25) is 5.91 Å². The molecule has 0 aliphatic heterocycles. The van der Waals surface area contributed by atoms with E-state index in [2.05, 4.69) is 15.4 Å². The zero-order valence-electron chi connectivity index (χ0n) is 17.4. The summed E-state index contributed by atoms with van der Waals surface area (Å²) in [6.45, 7) is 1.47.